The molecule has 0 saturated carbocycles. The van der Waals surface area contributed by atoms with Crippen molar-refractivity contribution < 1.29 is 29.0 Å². The molecule has 9 heteroatoms. The van der Waals surface area contributed by atoms with E-state index in [9.17, 15) is 19.5 Å². The van der Waals surface area contributed by atoms with E-state index in [1.165, 1.54) is 30.3 Å². The van der Waals surface area contributed by atoms with Gasteiger partial charge < -0.3 is 19.4 Å². The number of hydrogen-bond acceptors (Lipinski definition) is 8. The van der Waals surface area contributed by atoms with Crippen LogP contribution in [0.5, 0.6) is 11.5 Å². The Kier molecular flexibility index (Phi) is 6.38. The summed E-state index contributed by atoms with van der Waals surface area (Å²) < 4.78 is 10.5. The van der Waals surface area contributed by atoms with E-state index in [0.29, 0.717) is 17.9 Å². The van der Waals surface area contributed by atoms with E-state index in [4.69, 9.17) is 9.47 Å². The Morgan fingerprint density at radius 3 is 2.69 bits per heavy atom. The van der Waals surface area contributed by atoms with E-state index in [0.717, 1.165) is 17.3 Å². The maximum atomic E-state index is 12.7. The molecular formula is C20H19N2O6S-. The molecule has 3 rings (SSSR count). The first kappa shape index (κ1) is 20.7. The largest absolute Gasteiger partial charge is 0.545 e. The molecule has 0 aliphatic carbocycles. The third-order valence-corrected chi connectivity index (χ3v) is 5.72. The Morgan fingerprint density at radius 1 is 1.24 bits per heavy atom. The summed E-state index contributed by atoms with van der Waals surface area (Å²) in [7, 11) is 3.08. The van der Waals surface area contributed by atoms with Gasteiger partial charge in [0.05, 0.1) is 25.4 Å². The first-order valence-corrected chi connectivity index (χ1v) is 9.70. The highest BCUT2D eigenvalue weighted by Gasteiger charge is 2.39. The number of carbonyl (C=O) groups excluding carboxylic acids is 3. The molecule has 29 heavy (non-hydrogen) atoms. The van der Waals surface area contributed by atoms with Crippen LogP contribution in [0.15, 0.2) is 41.6 Å². The molecule has 1 saturated heterocycles. The van der Waals surface area contributed by atoms with Crippen LogP contribution in [0.4, 0.5) is 0 Å². The fraction of sp³-hybridized carbons (Fsp3) is 0.300. The molecule has 0 spiro atoms. The zero-order chi connectivity index (χ0) is 21.0. The van der Waals surface area contributed by atoms with Crippen LogP contribution in [-0.4, -0.2) is 53.7 Å². The first-order valence-electron chi connectivity index (χ1n) is 8.82. The number of thioether (sulfide) groups is 1. The maximum absolute atomic E-state index is 12.7. The molecule has 1 fully saturated rings. The minimum Gasteiger partial charge on any atom is -0.545 e. The lowest BCUT2D eigenvalue weighted by Crippen LogP contribution is -2.33. The summed E-state index contributed by atoms with van der Waals surface area (Å²) >= 11 is 0.974. The van der Waals surface area contributed by atoms with E-state index in [1.54, 1.807) is 19.2 Å². The number of amides is 2. The van der Waals surface area contributed by atoms with E-state index >= 15 is 0 Å². The quantitative estimate of drug-likeness (QED) is 0.586. The number of likely N-dealkylation sites (tertiary alicyclic amines) is 1. The number of imide groups is 1. The number of aromatic nitrogens is 1. The Morgan fingerprint density at radius 2 is 2.00 bits per heavy atom. The van der Waals surface area contributed by atoms with E-state index in [-0.39, 0.29) is 35.4 Å². The molecular weight excluding hydrogens is 396 g/mol. The Balaban J connectivity index is 1.68. The lowest BCUT2D eigenvalue weighted by Gasteiger charge is -2.16. The highest BCUT2D eigenvalue weighted by atomic mass is 32.2. The normalized spacial score (nSPS) is 16.2. The van der Waals surface area contributed by atoms with E-state index in [1.807, 2.05) is 6.07 Å². The second kappa shape index (κ2) is 8.95. The maximum Gasteiger partial charge on any atom is 0.243 e. The molecule has 1 aliphatic rings. The monoisotopic (exact) mass is 415 g/mol. The summed E-state index contributed by atoms with van der Waals surface area (Å²) in [6.45, 7) is 0.222. The van der Waals surface area contributed by atoms with Gasteiger partial charge in [0, 0.05) is 24.7 Å². The standard InChI is InChI=1S/C20H20N2O6S/c1-27-14-6-5-12(10-15(14)28-2)7-9-22-17(23)11-16(19(22)24)29-18-13(20(25)26)4-3-8-21-18/h3-6,8,10,16H,7,9,11H2,1-2H3,(H,25,26)/p-1/t16-/m0/s1. The molecule has 8 nitrogen and oxygen atoms in total. The van der Waals surface area contributed by atoms with Crippen molar-refractivity contribution in [3.05, 3.63) is 47.7 Å². The van der Waals surface area contributed by atoms with Gasteiger partial charge in [-0.1, -0.05) is 17.8 Å². The average Bonchev–Trinajstić information content (AvgIpc) is 2.99. The number of pyridine rings is 1. The van der Waals surface area contributed by atoms with Crippen molar-refractivity contribution in [1.29, 1.82) is 0 Å². The second-order valence-electron chi connectivity index (χ2n) is 6.28. The summed E-state index contributed by atoms with van der Waals surface area (Å²) in [5.41, 5.74) is 0.796. The molecule has 0 N–H and O–H groups in total. The molecule has 2 aromatic rings. The number of carboxylic acids is 1. The predicted molar refractivity (Wildman–Crippen MR) is 103 cm³/mol. The molecule has 0 bridgehead atoms. The Labute approximate surface area is 171 Å². The van der Waals surface area contributed by atoms with Crippen LogP contribution in [0.3, 0.4) is 0 Å². The van der Waals surface area contributed by atoms with Gasteiger partial charge in [-0.3, -0.25) is 14.5 Å². The highest BCUT2D eigenvalue weighted by Crippen LogP contribution is 2.32. The summed E-state index contributed by atoms with van der Waals surface area (Å²) in [6, 6.07) is 8.25. The number of methoxy groups -OCH3 is 2. The number of hydrogen-bond donors (Lipinski definition) is 0. The van der Waals surface area contributed by atoms with Crippen molar-refractivity contribution in [3.8, 4) is 11.5 Å². The average molecular weight is 415 g/mol. The van der Waals surface area contributed by atoms with Gasteiger partial charge in [-0.2, -0.15) is 0 Å². The van der Waals surface area contributed by atoms with Crippen LogP contribution in [0.2, 0.25) is 0 Å². The molecule has 0 unspecified atom stereocenters. The van der Waals surface area contributed by atoms with Gasteiger partial charge in [-0.15, -0.1) is 0 Å². The summed E-state index contributed by atoms with van der Waals surface area (Å²) in [6.07, 6.45) is 1.90. The Bertz CT molecular complexity index is 948. The molecule has 152 valence electrons. The molecule has 2 heterocycles. The summed E-state index contributed by atoms with van der Waals surface area (Å²) in [5.74, 6) is -0.848. The predicted octanol–water partition coefficient (Wildman–Crippen LogP) is 0.925. The van der Waals surface area contributed by atoms with Crippen molar-refractivity contribution in [2.45, 2.75) is 23.1 Å². The molecule has 1 atom stereocenters. The van der Waals surface area contributed by atoms with Gasteiger partial charge >= 0.3 is 0 Å². The van der Waals surface area contributed by atoms with Crippen LogP contribution >= 0.6 is 11.8 Å². The zero-order valence-corrected chi connectivity index (χ0v) is 16.7. The minimum atomic E-state index is -1.37. The molecule has 2 amide bonds. The molecule has 0 radical (unpaired) electrons. The SMILES string of the molecule is COc1ccc(CCN2C(=O)C[C@H](Sc3ncccc3C(=O)[O-])C2=O)cc1OC. The van der Waals surface area contributed by atoms with Gasteiger partial charge in [-0.05, 0) is 36.2 Å². The topological polar surface area (TPSA) is 109 Å². The fourth-order valence-electron chi connectivity index (χ4n) is 3.03. The van der Waals surface area contributed by atoms with Crippen molar-refractivity contribution in [1.82, 2.24) is 9.88 Å². The van der Waals surface area contributed by atoms with Crippen molar-refractivity contribution >= 4 is 29.5 Å². The van der Waals surface area contributed by atoms with Crippen LogP contribution in [0.1, 0.15) is 22.3 Å². The van der Waals surface area contributed by atoms with Gasteiger partial charge in [0.1, 0.15) is 5.03 Å². The van der Waals surface area contributed by atoms with E-state index < -0.39 is 11.2 Å². The molecule has 1 aliphatic heterocycles. The minimum absolute atomic E-state index is 0.00149. The van der Waals surface area contributed by atoms with Crippen LogP contribution < -0.4 is 14.6 Å². The van der Waals surface area contributed by atoms with E-state index in [2.05, 4.69) is 4.98 Å². The number of carboxylic acid groups (broad SMARTS) is 1. The number of aromatic carboxylic acids is 1. The third-order valence-electron chi connectivity index (χ3n) is 4.52. The zero-order valence-electron chi connectivity index (χ0n) is 15.9. The molecule has 1 aromatic carbocycles. The Hall–Kier alpha value is -3.07. The smallest absolute Gasteiger partial charge is 0.243 e. The van der Waals surface area contributed by atoms with Gasteiger partial charge in [0.2, 0.25) is 11.8 Å². The van der Waals surface area contributed by atoms with Gasteiger partial charge in [-0.25, -0.2) is 4.98 Å². The third kappa shape index (κ3) is 4.51. The van der Waals surface area contributed by atoms with Crippen LogP contribution in [-0.2, 0) is 16.0 Å². The molecule has 1 aromatic heterocycles. The number of carbonyl (C=O) groups is 3. The second-order valence-corrected chi connectivity index (χ2v) is 7.47. The number of nitrogens with zero attached hydrogens (tertiary/aromatic N) is 2. The highest BCUT2D eigenvalue weighted by molar-refractivity contribution is 8.00. The van der Waals surface area contributed by atoms with Crippen LogP contribution in [0, 0.1) is 0 Å². The van der Waals surface area contributed by atoms with Crippen LogP contribution in [0.25, 0.3) is 0 Å². The fourth-order valence-corrected chi connectivity index (χ4v) is 4.16. The van der Waals surface area contributed by atoms with Gasteiger partial charge in [0.15, 0.2) is 11.5 Å². The van der Waals surface area contributed by atoms with Crippen molar-refractivity contribution in [3.63, 3.8) is 0 Å². The number of ether oxygens (including phenoxy) is 2. The number of benzene rings is 1. The lowest BCUT2D eigenvalue weighted by atomic mass is 10.1. The first-order chi connectivity index (χ1) is 13.9. The van der Waals surface area contributed by atoms with Gasteiger partial charge in [0.25, 0.3) is 0 Å². The van der Waals surface area contributed by atoms with Crippen molar-refractivity contribution in [2.75, 3.05) is 20.8 Å². The lowest BCUT2D eigenvalue weighted by molar-refractivity contribution is -0.255. The summed E-state index contributed by atoms with van der Waals surface area (Å²) in [5, 5.41) is 10.7. The number of rotatable bonds is 8. The summed E-state index contributed by atoms with van der Waals surface area (Å²) in [4.78, 5) is 41.5. The van der Waals surface area contributed by atoms with Crippen molar-refractivity contribution in [2.24, 2.45) is 0 Å².